The van der Waals surface area contributed by atoms with Crippen molar-refractivity contribution in [3.8, 4) is 17.1 Å². The minimum atomic E-state index is -0.205. The van der Waals surface area contributed by atoms with Gasteiger partial charge < -0.3 is 0 Å². The molecule has 0 aliphatic rings. The van der Waals surface area contributed by atoms with Crippen molar-refractivity contribution in [1.29, 1.82) is 0 Å². The maximum atomic E-state index is 13.7. The lowest BCUT2D eigenvalue weighted by atomic mass is 10.1. The third kappa shape index (κ3) is 2.43. The van der Waals surface area contributed by atoms with Crippen LogP contribution in [0.2, 0.25) is 0 Å². The van der Waals surface area contributed by atoms with Crippen LogP contribution in [0.15, 0.2) is 60.7 Å². The van der Waals surface area contributed by atoms with E-state index in [9.17, 15) is 4.39 Å². The highest BCUT2D eigenvalue weighted by Gasteiger charge is 2.28. The Labute approximate surface area is 153 Å². The Morgan fingerprint density at radius 2 is 1.50 bits per heavy atom. The summed E-state index contributed by atoms with van der Waals surface area (Å²) < 4.78 is 18.2. The fraction of sp³-hybridized carbons (Fsp3) is 0.174. The number of rotatable bonds is 2. The molecule has 0 fully saturated rings. The van der Waals surface area contributed by atoms with E-state index in [0.29, 0.717) is 0 Å². The minimum Gasteiger partial charge on any atom is -0.225 e. The highest BCUT2D eigenvalue weighted by Crippen LogP contribution is 2.32. The van der Waals surface area contributed by atoms with E-state index in [2.05, 4.69) is 72.5 Å². The zero-order valence-electron chi connectivity index (χ0n) is 15.5. The Morgan fingerprint density at radius 1 is 0.808 bits per heavy atom. The first-order valence-electron chi connectivity index (χ1n) is 8.81. The third-order valence-corrected chi connectivity index (χ3v) is 5.11. The lowest BCUT2D eigenvalue weighted by Gasteiger charge is -2.10. The SMILES string of the molecule is Cc1cc(F)ccc1-c1n(-c2c(C)cccc2C)c2ccccc2[n+]1C. The zero-order valence-corrected chi connectivity index (χ0v) is 15.5. The fourth-order valence-electron chi connectivity index (χ4n) is 3.88. The van der Waals surface area contributed by atoms with Crippen LogP contribution >= 0.6 is 0 Å². The van der Waals surface area contributed by atoms with Crippen LogP contribution in [0.25, 0.3) is 28.1 Å². The second-order valence-electron chi connectivity index (χ2n) is 6.91. The molecule has 0 N–H and O–H groups in total. The van der Waals surface area contributed by atoms with Crippen molar-refractivity contribution in [2.45, 2.75) is 20.8 Å². The van der Waals surface area contributed by atoms with E-state index in [4.69, 9.17) is 0 Å². The van der Waals surface area contributed by atoms with Crippen molar-refractivity contribution >= 4 is 11.0 Å². The molecule has 1 heterocycles. The van der Waals surface area contributed by atoms with Crippen molar-refractivity contribution < 1.29 is 8.96 Å². The molecule has 0 spiro atoms. The topological polar surface area (TPSA) is 8.81 Å². The summed E-state index contributed by atoms with van der Waals surface area (Å²) in [5, 5.41) is 0. The zero-order chi connectivity index (χ0) is 18.4. The van der Waals surface area contributed by atoms with Gasteiger partial charge in [0.1, 0.15) is 11.5 Å². The van der Waals surface area contributed by atoms with Gasteiger partial charge in [0.05, 0.1) is 12.6 Å². The summed E-state index contributed by atoms with van der Waals surface area (Å²) in [6.45, 7) is 6.24. The molecule has 4 aromatic rings. The van der Waals surface area contributed by atoms with E-state index in [1.165, 1.54) is 22.9 Å². The molecule has 0 saturated carbocycles. The molecule has 0 radical (unpaired) electrons. The lowest BCUT2D eigenvalue weighted by molar-refractivity contribution is -0.633. The average molecular weight is 345 g/mol. The normalized spacial score (nSPS) is 11.3. The van der Waals surface area contributed by atoms with Crippen LogP contribution in [-0.2, 0) is 7.05 Å². The molecule has 2 nitrogen and oxygen atoms in total. The quantitative estimate of drug-likeness (QED) is 0.442. The van der Waals surface area contributed by atoms with Crippen LogP contribution in [0.5, 0.6) is 0 Å². The Hall–Kier alpha value is -2.94. The van der Waals surface area contributed by atoms with Gasteiger partial charge in [-0.3, -0.25) is 0 Å². The summed E-state index contributed by atoms with van der Waals surface area (Å²) in [5.41, 5.74) is 7.87. The number of halogens is 1. The molecule has 0 atom stereocenters. The smallest absolute Gasteiger partial charge is 0.225 e. The largest absolute Gasteiger partial charge is 0.295 e. The van der Waals surface area contributed by atoms with E-state index >= 15 is 0 Å². The number of nitrogens with zero attached hydrogens (tertiary/aromatic N) is 2. The number of hydrogen-bond acceptors (Lipinski definition) is 0. The number of imidazole rings is 1. The summed E-state index contributed by atoms with van der Waals surface area (Å²) in [4.78, 5) is 0. The first-order valence-corrected chi connectivity index (χ1v) is 8.81. The monoisotopic (exact) mass is 345 g/mol. The van der Waals surface area contributed by atoms with Gasteiger partial charge >= 0.3 is 0 Å². The molecule has 0 amide bonds. The molecule has 0 unspecified atom stereocenters. The number of aromatic nitrogens is 2. The molecular formula is C23H22FN2+. The molecule has 0 bridgehead atoms. The standard InChI is InChI=1S/C23H22FN2/c1-15-8-7-9-16(2)22(15)26-21-11-6-5-10-20(21)25(4)23(26)19-13-12-18(24)14-17(19)3/h5-14H,1-4H3/q+1. The van der Waals surface area contributed by atoms with Gasteiger partial charge in [0.2, 0.25) is 0 Å². The van der Waals surface area contributed by atoms with Crippen LogP contribution in [0.1, 0.15) is 16.7 Å². The Morgan fingerprint density at radius 3 is 2.19 bits per heavy atom. The van der Waals surface area contributed by atoms with Crippen LogP contribution in [0.3, 0.4) is 0 Å². The third-order valence-electron chi connectivity index (χ3n) is 5.11. The number of para-hydroxylation sites is 3. The van der Waals surface area contributed by atoms with Crippen LogP contribution in [0.4, 0.5) is 4.39 Å². The van der Waals surface area contributed by atoms with E-state index in [0.717, 1.165) is 28.0 Å². The molecule has 4 rings (SSSR count). The second-order valence-corrected chi connectivity index (χ2v) is 6.91. The Balaban J connectivity index is 2.19. The maximum Gasteiger partial charge on any atom is 0.295 e. The van der Waals surface area contributed by atoms with Gasteiger partial charge in [-0.1, -0.05) is 30.3 Å². The van der Waals surface area contributed by atoms with Crippen LogP contribution in [-0.4, -0.2) is 4.57 Å². The molecule has 130 valence electrons. The Kier molecular flexibility index (Phi) is 3.87. The molecule has 1 aromatic heterocycles. The van der Waals surface area contributed by atoms with Gasteiger partial charge in [0, 0.05) is 0 Å². The summed E-state index contributed by atoms with van der Waals surface area (Å²) in [7, 11) is 2.07. The molecule has 0 saturated heterocycles. The van der Waals surface area contributed by atoms with Crippen LogP contribution < -0.4 is 4.57 Å². The summed E-state index contributed by atoms with van der Waals surface area (Å²) in [6, 6.07) is 19.8. The van der Waals surface area contributed by atoms with E-state index in [1.54, 1.807) is 6.07 Å². The summed E-state index contributed by atoms with van der Waals surface area (Å²) in [5.74, 6) is 0.852. The van der Waals surface area contributed by atoms with Crippen molar-refractivity contribution in [2.24, 2.45) is 7.05 Å². The number of aryl methyl sites for hydroxylation is 4. The molecule has 0 aliphatic heterocycles. The Bertz CT molecular complexity index is 1120. The molecule has 3 heteroatoms. The van der Waals surface area contributed by atoms with Crippen molar-refractivity contribution in [1.82, 2.24) is 4.57 Å². The number of benzene rings is 3. The van der Waals surface area contributed by atoms with Crippen molar-refractivity contribution in [3.05, 3.63) is 83.2 Å². The predicted octanol–water partition coefficient (Wildman–Crippen LogP) is 5.19. The average Bonchev–Trinajstić information content (AvgIpc) is 2.88. The van der Waals surface area contributed by atoms with Gasteiger partial charge in [-0.2, -0.15) is 4.57 Å². The molecule has 0 aliphatic carbocycles. The molecule has 26 heavy (non-hydrogen) atoms. The van der Waals surface area contributed by atoms with E-state index in [1.807, 2.05) is 13.0 Å². The molecular weight excluding hydrogens is 323 g/mol. The predicted molar refractivity (Wildman–Crippen MR) is 104 cm³/mol. The van der Waals surface area contributed by atoms with Gasteiger partial charge in [-0.15, -0.1) is 0 Å². The highest BCUT2D eigenvalue weighted by atomic mass is 19.1. The first kappa shape index (κ1) is 16.5. The van der Waals surface area contributed by atoms with Crippen LogP contribution in [0, 0.1) is 26.6 Å². The number of fused-ring (bicyclic) bond motifs is 1. The van der Waals surface area contributed by atoms with Crippen molar-refractivity contribution in [3.63, 3.8) is 0 Å². The second kappa shape index (κ2) is 6.10. The van der Waals surface area contributed by atoms with Gasteiger partial charge in [-0.05, 0) is 67.8 Å². The maximum absolute atomic E-state index is 13.7. The van der Waals surface area contributed by atoms with Gasteiger partial charge in [0.15, 0.2) is 11.0 Å². The first-order chi connectivity index (χ1) is 12.5. The highest BCUT2D eigenvalue weighted by molar-refractivity contribution is 5.80. The van der Waals surface area contributed by atoms with E-state index in [-0.39, 0.29) is 5.82 Å². The number of hydrogen-bond donors (Lipinski definition) is 0. The van der Waals surface area contributed by atoms with E-state index < -0.39 is 0 Å². The summed E-state index contributed by atoms with van der Waals surface area (Å²) >= 11 is 0. The fourth-order valence-corrected chi connectivity index (χ4v) is 3.88. The summed E-state index contributed by atoms with van der Waals surface area (Å²) in [6.07, 6.45) is 0. The van der Waals surface area contributed by atoms with Crippen molar-refractivity contribution in [2.75, 3.05) is 0 Å². The molecule has 3 aromatic carbocycles. The van der Waals surface area contributed by atoms with Gasteiger partial charge in [-0.25, -0.2) is 8.96 Å². The van der Waals surface area contributed by atoms with Gasteiger partial charge in [0.25, 0.3) is 5.82 Å². The lowest BCUT2D eigenvalue weighted by Crippen LogP contribution is -2.30. The minimum absolute atomic E-state index is 0.205.